The van der Waals surface area contributed by atoms with Crippen molar-refractivity contribution in [3.63, 3.8) is 0 Å². The highest BCUT2D eigenvalue weighted by Gasteiger charge is 2.42. The van der Waals surface area contributed by atoms with Crippen molar-refractivity contribution in [2.45, 2.75) is 24.7 Å². The van der Waals surface area contributed by atoms with E-state index in [4.69, 9.17) is 16.3 Å². The van der Waals surface area contributed by atoms with Crippen molar-refractivity contribution < 1.29 is 14.3 Å². The lowest BCUT2D eigenvalue weighted by molar-refractivity contribution is -0.121. The van der Waals surface area contributed by atoms with Gasteiger partial charge < -0.3 is 9.64 Å². The second kappa shape index (κ2) is 8.84. The summed E-state index contributed by atoms with van der Waals surface area (Å²) in [6, 6.07) is 14.9. The average Bonchev–Trinajstić information content (AvgIpc) is 3.00. The van der Waals surface area contributed by atoms with Gasteiger partial charge in [-0.15, -0.1) is 0 Å². The number of imide groups is 1. The molecular formula is C23H23ClN2O3S. The van der Waals surface area contributed by atoms with Crippen LogP contribution in [0.3, 0.4) is 0 Å². The predicted octanol–water partition coefficient (Wildman–Crippen LogP) is 4.67. The zero-order valence-electron chi connectivity index (χ0n) is 16.9. The number of hydrogen-bond acceptors (Lipinski definition) is 5. The maximum atomic E-state index is 13.4. The second-order valence-electron chi connectivity index (χ2n) is 7.53. The summed E-state index contributed by atoms with van der Waals surface area (Å²) in [6.07, 6.45) is 0. The van der Waals surface area contributed by atoms with Crippen molar-refractivity contribution >= 4 is 40.9 Å². The second-order valence-corrected chi connectivity index (χ2v) is 9.05. The number of rotatable bonds is 5. The van der Waals surface area contributed by atoms with Crippen molar-refractivity contribution in [1.82, 2.24) is 4.90 Å². The van der Waals surface area contributed by atoms with Gasteiger partial charge in [-0.25, -0.2) is 4.90 Å². The van der Waals surface area contributed by atoms with E-state index in [0.29, 0.717) is 53.5 Å². The molecule has 2 heterocycles. The lowest BCUT2D eigenvalue weighted by atomic mass is 10.0. The minimum absolute atomic E-state index is 0.282. The topological polar surface area (TPSA) is 49.9 Å². The van der Waals surface area contributed by atoms with Crippen LogP contribution in [0.4, 0.5) is 5.69 Å². The first-order valence-corrected chi connectivity index (χ1v) is 11.1. The maximum Gasteiger partial charge on any atom is 0.283 e. The molecule has 2 aromatic carbocycles. The van der Waals surface area contributed by atoms with Crippen LogP contribution in [-0.4, -0.2) is 43.0 Å². The third-order valence-electron chi connectivity index (χ3n) is 5.20. The fraction of sp³-hybridized carbons (Fsp3) is 0.304. The van der Waals surface area contributed by atoms with Gasteiger partial charge >= 0.3 is 0 Å². The summed E-state index contributed by atoms with van der Waals surface area (Å²) in [7, 11) is 0. The Morgan fingerprint density at radius 3 is 2.17 bits per heavy atom. The van der Waals surface area contributed by atoms with Crippen molar-refractivity contribution in [3.05, 3.63) is 69.7 Å². The standard InChI is InChI=1S/C23H23ClN2O3S/c1-15(2)16-3-7-18(8-4-16)26-22(27)20(25-11-13-29-14-12-25)21(23(26)28)30-19-9-5-17(24)6-10-19/h3-10,15H,11-14H2,1-2H3. The van der Waals surface area contributed by atoms with Gasteiger partial charge in [-0.1, -0.05) is 49.3 Å². The molecule has 2 aromatic rings. The number of morpholine rings is 1. The Hall–Kier alpha value is -2.28. The number of thioether (sulfide) groups is 1. The Morgan fingerprint density at radius 2 is 1.57 bits per heavy atom. The first-order valence-electron chi connectivity index (χ1n) is 9.95. The van der Waals surface area contributed by atoms with Crippen LogP contribution in [0, 0.1) is 0 Å². The van der Waals surface area contributed by atoms with Crippen molar-refractivity contribution in [2.75, 3.05) is 31.2 Å². The Bertz CT molecular complexity index is 981. The minimum Gasteiger partial charge on any atom is -0.378 e. The van der Waals surface area contributed by atoms with Gasteiger partial charge in [0.15, 0.2) is 0 Å². The van der Waals surface area contributed by atoms with E-state index >= 15 is 0 Å². The number of halogens is 1. The van der Waals surface area contributed by atoms with Crippen LogP contribution in [0.15, 0.2) is 64.0 Å². The average molecular weight is 443 g/mol. The Balaban J connectivity index is 1.70. The van der Waals surface area contributed by atoms with Gasteiger partial charge in [0.1, 0.15) is 10.6 Å². The molecule has 2 aliphatic rings. The molecule has 5 nitrogen and oxygen atoms in total. The lowest BCUT2D eigenvalue weighted by Crippen LogP contribution is -2.40. The fourth-order valence-corrected chi connectivity index (χ4v) is 4.64. The normalized spacial score (nSPS) is 17.5. The van der Waals surface area contributed by atoms with E-state index in [-0.39, 0.29) is 11.8 Å². The molecule has 4 rings (SSSR count). The number of carbonyl (C=O) groups is 2. The highest BCUT2D eigenvalue weighted by atomic mass is 35.5. The number of amides is 2. The zero-order valence-corrected chi connectivity index (χ0v) is 18.5. The number of anilines is 1. The van der Waals surface area contributed by atoms with E-state index < -0.39 is 0 Å². The van der Waals surface area contributed by atoms with Gasteiger partial charge in [-0.3, -0.25) is 9.59 Å². The van der Waals surface area contributed by atoms with E-state index in [1.807, 2.05) is 41.3 Å². The summed E-state index contributed by atoms with van der Waals surface area (Å²) in [5.41, 5.74) is 2.21. The predicted molar refractivity (Wildman–Crippen MR) is 120 cm³/mol. The van der Waals surface area contributed by atoms with E-state index in [1.165, 1.54) is 16.7 Å². The number of benzene rings is 2. The summed E-state index contributed by atoms with van der Waals surface area (Å²) >= 11 is 7.30. The monoisotopic (exact) mass is 442 g/mol. The minimum atomic E-state index is -0.293. The van der Waals surface area contributed by atoms with Gasteiger partial charge in [0.2, 0.25) is 0 Å². The van der Waals surface area contributed by atoms with Crippen molar-refractivity contribution in [1.29, 1.82) is 0 Å². The fourth-order valence-electron chi connectivity index (χ4n) is 3.52. The van der Waals surface area contributed by atoms with Crippen LogP contribution in [-0.2, 0) is 14.3 Å². The van der Waals surface area contributed by atoms with Crippen molar-refractivity contribution in [2.24, 2.45) is 0 Å². The molecule has 0 N–H and O–H groups in total. The van der Waals surface area contributed by atoms with Crippen LogP contribution in [0.25, 0.3) is 0 Å². The summed E-state index contributed by atoms with van der Waals surface area (Å²) in [6.45, 7) is 6.46. The third kappa shape index (κ3) is 4.13. The van der Waals surface area contributed by atoms with Crippen LogP contribution in [0.1, 0.15) is 25.3 Å². The molecule has 2 aliphatic heterocycles. The molecule has 0 aliphatic carbocycles. The summed E-state index contributed by atoms with van der Waals surface area (Å²) in [4.78, 5) is 31.4. The summed E-state index contributed by atoms with van der Waals surface area (Å²) in [5.74, 6) is -0.198. The molecule has 0 aromatic heterocycles. The molecule has 0 spiro atoms. The van der Waals surface area contributed by atoms with E-state index in [9.17, 15) is 9.59 Å². The summed E-state index contributed by atoms with van der Waals surface area (Å²) < 4.78 is 5.44. The quantitative estimate of drug-likeness (QED) is 0.629. The smallest absolute Gasteiger partial charge is 0.283 e. The van der Waals surface area contributed by atoms with E-state index in [2.05, 4.69) is 13.8 Å². The van der Waals surface area contributed by atoms with Gasteiger partial charge in [0.25, 0.3) is 11.8 Å². The SMILES string of the molecule is CC(C)c1ccc(N2C(=O)C(Sc3ccc(Cl)cc3)=C(N3CCOCC3)C2=O)cc1. The van der Waals surface area contributed by atoms with Gasteiger partial charge in [-0.05, 0) is 47.9 Å². The van der Waals surface area contributed by atoms with Gasteiger partial charge in [0.05, 0.1) is 18.9 Å². The van der Waals surface area contributed by atoms with Gasteiger partial charge in [0, 0.05) is 23.0 Å². The Morgan fingerprint density at radius 1 is 0.933 bits per heavy atom. The highest BCUT2D eigenvalue weighted by Crippen LogP contribution is 2.39. The number of nitrogens with zero attached hydrogens (tertiary/aromatic N) is 2. The molecule has 30 heavy (non-hydrogen) atoms. The number of ether oxygens (including phenoxy) is 1. The largest absolute Gasteiger partial charge is 0.378 e. The molecule has 0 saturated carbocycles. The number of hydrogen-bond donors (Lipinski definition) is 0. The Kier molecular flexibility index (Phi) is 6.18. The first-order chi connectivity index (χ1) is 14.5. The van der Waals surface area contributed by atoms with E-state index in [1.54, 1.807) is 12.1 Å². The maximum absolute atomic E-state index is 13.4. The highest BCUT2D eigenvalue weighted by molar-refractivity contribution is 8.04. The van der Waals surface area contributed by atoms with Gasteiger partial charge in [-0.2, -0.15) is 0 Å². The molecule has 7 heteroatoms. The molecule has 1 fully saturated rings. The van der Waals surface area contributed by atoms with Crippen LogP contribution in [0.5, 0.6) is 0 Å². The van der Waals surface area contributed by atoms with Crippen molar-refractivity contribution in [3.8, 4) is 0 Å². The third-order valence-corrected chi connectivity index (χ3v) is 6.53. The zero-order chi connectivity index (χ0) is 21.3. The van der Waals surface area contributed by atoms with Crippen LogP contribution >= 0.6 is 23.4 Å². The number of carbonyl (C=O) groups excluding carboxylic acids is 2. The van der Waals surface area contributed by atoms with E-state index in [0.717, 1.165) is 10.5 Å². The summed E-state index contributed by atoms with van der Waals surface area (Å²) in [5, 5.41) is 0.627. The molecule has 156 valence electrons. The molecular weight excluding hydrogens is 420 g/mol. The molecule has 0 unspecified atom stereocenters. The molecule has 1 saturated heterocycles. The molecule has 0 bridgehead atoms. The lowest BCUT2D eigenvalue weighted by Gasteiger charge is -2.29. The van der Waals surface area contributed by atoms with Crippen LogP contribution < -0.4 is 4.90 Å². The molecule has 2 amide bonds. The van der Waals surface area contributed by atoms with Crippen LogP contribution in [0.2, 0.25) is 5.02 Å². The first kappa shape index (κ1) is 21.0. The molecule has 0 radical (unpaired) electrons. The Labute approximate surface area is 185 Å². The molecule has 0 atom stereocenters.